The molecule has 2 amide bonds. The van der Waals surface area contributed by atoms with Gasteiger partial charge in [0.1, 0.15) is 12.1 Å². The van der Waals surface area contributed by atoms with Gasteiger partial charge in [-0.25, -0.2) is 4.98 Å². The monoisotopic (exact) mass is 566 g/mol. The Morgan fingerprint density at radius 2 is 1.88 bits per heavy atom. The van der Waals surface area contributed by atoms with Crippen molar-refractivity contribution in [3.8, 4) is 0 Å². The average Bonchev–Trinajstić information content (AvgIpc) is 3.13. The van der Waals surface area contributed by atoms with E-state index in [2.05, 4.69) is 19.9 Å². The van der Waals surface area contributed by atoms with E-state index in [1.54, 1.807) is 0 Å². The summed E-state index contributed by atoms with van der Waals surface area (Å²) in [6.07, 6.45) is 3.66. The summed E-state index contributed by atoms with van der Waals surface area (Å²) in [7, 11) is 3.07. The summed E-state index contributed by atoms with van der Waals surface area (Å²) < 4.78 is 16.1. The summed E-state index contributed by atoms with van der Waals surface area (Å²) >= 11 is 0. The number of carbonyl (C=O) groups is 5. The largest absolute Gasteiger partial charge is 0.718 e. The first-order valence-electron chi connectivity index (χ1n) is 13.6. The number of carbonyl (C=O) groups excluding carboxylic acids is 4. The molecule has 2 aliphatic heterocycles. The zero-order chi connectivity index (χ0) is 29.8. The minimum Gasteiger partial charge on any atom is -0.718 e. The molecule has 4 atom stereocenters. The zero-order valence-electron chi connectivity index (χ0n) is 23.6. The minimum atomic E-state index is -2.92. The molecule has 1 aromatic heterocycles. The summed E-state index contributed by atoms with van der Waals surface area (Å²) in [5.41, 5.74) is -0.921. The van der Waals surface area contributed by atoms with Crippen LogP contribution in [0.1, 0.15) is 55.6 Å². The number of rotatable bonds is 12. The summed E-state index contributed by atoms with van der Waals surface area (Å²) in [5.74, 6) is -3.57. The topological polar surface area (TPSA) is 158 Å². The van der Waals surface area contributed by atoms with Gasteiger partial charge in [-0.15, -0.1) is 0 Å². The van der Waals surface area contributed by atoms with Crippen LogP contribution in [0.4, 0.5) is 0 Å². The average molecular weight is 566 g/mol. The Balaban J connectivity index is 1.62. The molecule has 2 bridgehead atoms. The fourth-order valence-electron chi connectivity index (χ4n) is 5.34. The molecule has 2 fully saturated rings. The smallest absolute Gasteiger partial charge is 0.576 e. The van der Waals surface area contributed by atoms with Crippen LogP contribution in [0.2, 0.25) is 5.82 Å². The summed E-state index contributed by atoms with van der Waals surface area (Å²) in [6, 6.07) is 8.23. The number of benzene rings is 1. The third kappa shape index (κ3) is 6.79. The van der Waals surface area contributed by atoms with E-state index in [-0.39, 0.29) is 36.7 Å². The van der Waals surface area contributed by atoms with Crippen LogP contribution in [0.25, 0.3) is 0 Å². The van der Waals surface area contributed by atoms with E-state index in [0.717, 1.165) is 5.56 Å². The number of aromatic nitrogens is 2. The number of carboxylic acids is 1. The number of Topliss-reactive ketones (excluding diaryl/α,β-unsaturated/α-hetero) is 1. The van der Waals surface area contributed by atoms with E-state index in [1.165, 1.54) is 37.6 Å². The van der Waals surface area contributed by atoms with Gasteiger partial charge < -0.3 is 24.2 Å². The molecule has 0 saturated carbocycles. The van der Waals surface area contributed by atoms with Crippen molar-refractivity contribution in [3.63, 3.8) is 0 Å². The highest BCUT2D eigenvalue weighted by Gasteiger charge is 2.68. The Bertz CT molecular complexity index is 1310. The van der Waals surface area contributed by atoms with Crippen molar-refractivity contribution in [2.75, 3.05) is 14.1 Å². The second-order valence-corrected chi connectivity index (χ2v) is 11.3. The standard InChI is InChI=1S/C28H35BN4O8/c1-18(2)12-20(29-39-25(36)16-28(41-29,27(38)40-29)15-24(35)33(3)4)14-23(34)21(13-19-8-6-5-7-9-19)32-26(37)22-17-30-10-11-31-22/h5-11,17-18,20-21,39H,12-16H2,1-4H3,(H,32,37)/t20-,21+,28-,29?/m1/s1. The van der Waals surface area contributed by atoms with E-state index in [1.807, 2.05) is 44.2 Å². The van der Waals surface area contributed by atoms with E-state index in [0.29, 0.717) is 6.42 Å². The molecule has 1 unspecified atom stereocenters. The SMILES string of the molecule is CC(C)C[C@H](CC(=O)[C@H](Cc1ccccc1)NC(=O)c1cnccn1)[B-]12OC(=O)[C@@](CC(=O)N(C)C)(CC(=O)[OH+]1)O2. The normalized spacial score (nSPS) is 22.9. The van der Waals surface area contributed by atoms with Crippen LogP contribution >= 0.6 is 0 Å². The number of nitrogens with one attached hydrogen (secondary N) is 1. The number of aliphatic carboxylic acids is 1. The fraction of sp³-hybridized carbons (Fsp3) is 0.464. The van der Waals surface area contributed by atoms with Crippen LogP contribution in [0.3, 0.4) is 0 Å². The van der Waals surface area contributed by atoms with Crippen molar-refractivity contribution in [1.82, 2.24) is 20.2 Å². The minimum absolute atomic E-state index is 0.0127. The quantitative estimate of drug-likeness (QED) is 0.296. The molecule has 218 valence electrons. The summed E-state index contributed by atoms with van der Waals surface area (Å²) in [5, 5.41) is 2.77. The van der Waals surface area contributed by atoms with Gasteiger partial charge in [0.25, 0.3) is 11.9 Å². The second-order valence-electron chi connectivity index (χ2n) is 11.3. The third-order valence-electron chi connectivity index (χ3n) is 7.34. The van der Waals surface area contributed by atoms with E-state index >= 15 is 0 Å². The van der Waals surface area contributed by atoms with E-state index in [4.69, 9.17) is 9.31 Å². The summed E-state index contributed by atoms with van der Waals surface area (Å²) in [6.45, 7) is 0.926. The molecule has 0 spiro atoms. The lowest BCUT2D eigenvalue weighted by Gasteiger charge is -2.43. The number of nitrogens with zero attached hydrogens (tertiary/aromatic N) is 3. The van der Waals surface area contributed by atoms with Gasteiger partial charge in [0.2, 0.25) is 5.91 Å². The highest BCUT2D eigenvalue weighted by atomic mass is 16.8. The molecule has 1 aromatic carbocycles. The molecule has 12 nitrogen and oxygen atoms in total. The Labute approximate surface area is 238 Å². The molecule has 2 saturated heterocycles. The Kier molecular flexibility index (Phi) is 8.86. The molecular formula is C28H35BN4O8. The molecule has 2 aliphatic rings. The Hall–Kier alpha value is -4.13. The highest BCUT2D eigenvalue weighted by Crippen LogP contribution is 2.47. The van der Waals surface area contributed by atoms with Gasteiger partial charge in [-0.2, -0.15) is 0 Å². The zero-order valence-corrected chi connectivity index (χ0v) is 23.6. The van der Waals surface area contributed by atoms with Crippen molar-refractivity contribution in [2.45, 2.75) is 63.4 Å². The van der Waals surface area contributed by atoms with Crippen LogP contribution in [-0.4, -0.2) is 81.6 Å². The van der Waals surface area contributed by atoms with Crippen LogP contribution < -0.4 is 5.32 Å². The first-order valence-corrected chi connectivity index (χ1v) is 13.6. The molecule has 3 heterocycles. The first kappa shape index (κ1) is 29.8. The van der Waals surface area contributed by atoms with E-state index in [9.17, 15) is 24.0 Å². The molecule has 2 aromatic rings. The van der Waals surface area contributed by atoms with Crippen molar-refractivity contribution < 1.29 is 37.9 Å². The number of amides is 2. The summed E-state index contributed by atoms with van der Waals surface area (Å²) in [4.78, 5) is 74.7. The van der Waals surface area contributed by atoms with Crippen molar-refractivity contribution in [2.24, 2.45) is 5.92 Å². The Morgan fingerprint density at radius 1 is 1.15 bits per heavy atom. The maximum atomic E-state index is 13.9. The number of hydrogen-bond donors (Lipinski definition) is 1. The van der Waals surface area contributed by atoms with Gasteiger partial charge in [-0.05, 0) is 30.1 Å². The van der Waals surface area contributed by atoms with Crippen LogP contribution in [-0.2, 0) is 34.9 Å². The maximum absolute atomic E-state index is 13.9. The van der Waals surface area contributed by atoms with Gasteiger partial charge in [0, 0.05) is 31.3 Å². The van der Waals surface area contributed by atoms with Gasteiger partial charge in [-0.3, -0.25) is 24.2 Å². The number of hydrogen-bond acceptors (Lipinski definition) is 9. The van der Waals surface area contributed by atoms with Crippen molar-refractivity contribution >= 4 is 36.3 Å². The molecule has 13 heteroatoms. The fourth-order valence-corrected chi connectivity index (χ4v) is 5.34. The van der Waals surface area contributed by atoms with Crippen LogP contribution in [0, 0.1) is 5.92 Å². The molecule has 0 radical (unpaired) electrons. The number of fused-ring (bicyclic) bond motifs is 2. The molecular weight excluding hydrogens is 531 g/mol. The molecule has 41 heavy (non-hydrogen) atoms. The lowest BCUT2D eigenvalue weighted by Crippen LogP contribution is -2.59. The third-order valence-corrected chi connectivity index (χ3v) is 7.34. The predicted octanol–water partition coefficient (Wildman–Crippen LogP) is 1.38. The van der Waals surface area contributed by atoms with Crippen molar-refractivity contribution in [3.05, 3.63) is 60.2 Å². The van der Waals surface area contributed by atoms with E-state index < -0.39 is 54.4 Å². The second kappa shape index (κ2) is 12.2. The van der Waals surface area contributed by atoms with Crippen LogP contribution in [0.15, 0.2) is 48.9 Å². The lowest BCUT2D eigenvalue weighted by molar-refractivity contribution is -0.170. The molecule has 4 rings (SSSR count). The predicted molar refractivity (Wildman–Crippen MR) is 147 cm³/mol. The van der Waals surface area contributed by atoms with Gasteiger partial charge in [-0.1, -0.05) is 50.6 Å². The van der Waals surface area contributed by atoms with Gasteiger partial charge in [0.05, 0.1) is 18.7 Å². The first-order chi connectivity index (χ1) is 19.4. The van der Waals surface area contributed by atoms with Crippen LogP contribution in [0.5, 0.6) is 0 Å². The molecule has 0 aliphatic carbocycles. The number of ketones is 1. The lowest BCUT2D eigenvalue weighted by atomic mass is 9.57. The maximum Gasteiger partial charge on any atom is 0.576 e. The van der Waals surface area contributed by atoms with Crippen molar-refractivity contribution in [1.29, 1.82) is 0 Å². The highest BCUT2D eigenvalue weighted by molar-refractivity contribution is 6.67. The Morgan fingerprint density at radius 3 is 2.51 bits per heavy atom. The van der Waals surface area contributed by atoms with Gasteiger partial charge in [0.15, 0.2) is 11.4 Å². The van der Waals surface area contributed by atoms with Gasteiger partial charge >= 0.3 is 12.7 Å². The molecule has 2 N–H and O–H groups in total.